The zero-order chi connectivity index (χ0) is 23.0. The van der Waals surface area contributed by atoms with Gasteiger partial charge >= 0.3 is 6.03 Å². The average molecular weight is 462 g/mol. The van der Waals surface area contributed by atoms with Crippen molar-refractivity contribution in [1.29, 1.82) is 0 Å². The Balaban J connectivity index is 1.43. The van der Waals surface area contributed by atoms with Gasteiger partial charge in [-0.15, -0.1) is 0 Å². The minimum atomic E-state index is -0.231. The maximum absolute atomic E-state index is 14.0. The van der Waals surface area contributed by atoms with E-state index in [2.05, 4.69) is 11.4 Å². The molecule has 33 heavy (non-hydrogen) atoms. The van der Waals surface area contributed by atoms with Gasteiger partial charge in [0.1, 0.15) is 5.82 Å². The lowest BCUT2D eigenvalue weighted by molar-refractivity contribution is 0.245. The lowest BCUT2D eigenvalue weighted by Gasteiger charge is -2.25. The van der Waals surface area contributed by atoms with Gasteiger partial charge in [0.25, 0.3) is 0 Å². The summed E-state index contributed by atoms with van der Waals surface area (Å²) in [4.78, 5) is 16.1. The first-order chi connectivity index (χ1) is 16.0. The maximum atomic E-state index is 14.0. The van der Waals surface area contributed by atoms with Crippen LogP contribution in [0.15, 0.2) is 65.6 Å². The van der Waals surface area contributed by atoms with Crippen molar-refractivity contribution in [2.75, 3.05) is 11.4 Å². The van der Waals surface area contributed by atoms with E-state index in [4.69, 9.17) is 5.14 Å². The highest BCUT2D eigenvalue weighted by Gasteiger charge is 2.46. The number of nitrogens with one attached hydrogen (secondary N) is 1. The summed E-state index contributed by atoms with van der Waals surface area (Å²) >= 11 is 1.21. The Morgan fingerprint density at radius 2 is 1.85 bits per heavy atom. The number of urea groups is 1. The number of carbonyl (C=O) groups excluding carboxylic acids is 1. The monoisotopic (exact) mass is 461 g/mol. The molecular weight excluding hydrogens is 433 g/mol. The second-order valence-corrected chi connectivity index (χ2v) is 9.89. The normalized spacial score (nSPS) is 16.3. The van der Waals surface area contributed by atoms with E-state index >= 15 is 0 Å². The lowest BCUT2D eigenvalue weighted by Crippen LogP contribution is -2.41. The van der Waals surface area contributed by atoms with Gasteiger partial charge in [0, 0.05) is 29.1 Å². The van der Waals surface area contributed by atoms with Crippen LogP contribution in [0.25, 0.3) is 11.1 Å². The smallest absolute Gasteiger partial charge is 0.322 e. The maximum Gasteiger partial charge on any atom is 0.322 e. The Bertz CT molecular complexity index is 1190. The summed E-state index contributed by atoms with van der Waals surface area (Å²) in [7, 11) is 0. The van der Waals surface area contributed by atoms with Crippen molar-refractivity contribution < 1.29 is 9.18 Å². The molecule has 3 aromatic rings. The molecule has 1 heterocycles. The van der Waals surface area contributed by atoms with Crippen LogP contribution in [0.2, 0.25) is 0 Å². The van der Waals surface area contributed by atoms with Crippen molar-refractivity contribution in [2.45, 2.75) is 49.5 Å². The van der Waals surface area contributed by atoms with Gasteiger partial charge in [-0.1, -0.05) is 37.1 Å². The van der Waals surface area contributed by atoms with Crippen LogP contribution in [0.1, 0.15) is 42.4 Å². The van der Waals surface area contributed by atoms with E-state index in [1.165, 1.54) is 36.4 Å². The van der Waals surface area contributed by atoms with Crippen molar-refractivity contribution in [3.63, 3.8) is 0 Å². The van der Waals surface area contributed by atoms with Crippen LogP contribution in [0.3, 0.4) is 0 Å². The third-order valence-electron chi connectivity index (χ3n) is 7.14. The van der Waals surface area contributed by atoms with Gasteiger partial charge in [-0.3, -0.25) is 10.0 Å². The van der Waals surface area contributed by atoms with Crippen LogP contribution < -0.4 is 15.4 Å². The molecule has 0 atom stereocenters. The molecule has 2 aliphatic rings. The molecule has 1 aliphatic carbocycles. The zero-order valence-corrected chi connectivity index (χ0v) is 19.6. The van der Waals surface area contributed by atoms with Gasteiger partial charge in [0.2, 0.25) is 0 Å². The third kappa shape index (κ3) is 4.13. The summed E-state index contributed by atoms with van der Waals surface area (Å²) in [5, 5.41) is 8.68. The molecule has 6 heteroatoms. The predicted molar refractivity (Wildman–Crippen MR) is 133 cm³/mol. The fourth-order valence-electron chi connectivity index (χ4n) is 5.36. The molecule has 0 aromatic heterocycles. The standard InChI is InChI=1S/C27H28FN3OS/c1-18-4-8-21(28)15-23(18)20-7-11-25-24(14-20)27(12-2-3-13-27)17-31(25)26(32)30-16-19-5-9-22(33-29)10-6-19/h4-11,14-15H,2-3,12-13,16-17,29H2,1H3,(H,30,32). The first-order valence-corrected chi connectivity index (χ1v) is 12.3. The highest BCUT2D eigenvalue weighted by atomic mass is 32.2. The third-order valence-corrected chi connectivity index (χ3v) is 7.68. The van der Waals surface area contributed by atoms with E-state index in [0.29, 0.717) is 13.1 Å². The average Bonchev–Trinajstić information content (AvgIpc) is 3.44. The molecular formula is C27H28FN3OS. The molecule has 3 N–H and O–H groups in total. The van der Waals surface area contributed by atoms with Crippen LogP contribution in [0.5, 0.6) is 0 Å². The van der Waals surface area contributed by atoms with Gasteiger partial charge in [0.05, 0.1) is 0 Å². The number of fused-ring (bicyclic) bond motifs is 2. The minimum absolute atomic E-state index is 0.0100. The Morgan fingerprint density at radius 1 is 1.09 bits per heavy atom. The van der Waals surface area contributed by atoms with Gasteiger partial charge in [-0.25, -0.2) is 9.18 Å². The topological polar surface area (TPSA) is 58.4 Å². The molecule has 1 saturated carbocycles. The summed E-state index contributed by atoms with van der Waals surface area (Å²) in [6.07, 6.45) is 4.49. The molecule has 0 saturated heterocycles. The van der Waals surface area contributed by atoms with E-state index < -0.39 is 0 Å². The molecule has 170 valence electrons. The van der Waals surface area contributed by atoms with E-state index in [9.17, 15) is 9.18 Å². The number of rotatable bonds is 4. The van der Waals surface area contributed by atoms with Gasteiger partial charge in [-0.2, -0.15) is 0 Å². The molecule has 1 aliphatic heterocycles. The van der Waals surface area contributed by atoms with Crippen molar-refractivity contribution in [1.82, 2.24) is 5.32 Å². The second kappa shape index (κ2) is 8.84. The number of hydrogen-bond acceptors (Lipinski definition) is 3. The largest absolute Gasteiger partial charge is 0.334 e. The lowest BCUT2D eigenvalue weighted by atomic mass is 9.80. The highest BCUT2D eigenvalue weighted by Crippen LogP contribution is 2.51. The molecule has 1 fully saturated rings. The van der Waals surface area contributed by atoms with Crippen LogP contribution in [-0.4, -0.2) is 12.6 Å². The first kappa shape index (κ1) is 22.0. The molecule has 0 unspecified atom stereocenters. The quantitative estimate of drug-likeness (QED) is 0.448. The number of amides is 2. The fraction of sp³-hybridized carbons (Fsp3) is 0.296. The Labute approximate surface area is 198 Å². The number of benzene rings is 3. The van der Waals surface area contributed by atoms with Crippen LogP contribution >= 0.6 is 11.9 Å². The predicted octanol–water partition coefficient (Wildman–Crippen LogP) is 6.31. The molecule has 0 radical (unpaired) electrons. The molecule has 2 amide bonds. The number of hydrogen-bond donors (Lipinski definition) is 2. The number of anilines is 1. The number of carbonyl (C=O) groups is 1. The number of nitrogens with two attached hydrogens (primary N) is 1. The Morgan fingerprint density at radius 3 is 2.58 bits per heavy atom. The molecule has 5 rings (SSSR count). The highest BCUT2D eigenvalue weighted by molar-refractivity contribution is 7.97. The van der Waals surface area contributed by atoms with E-state index in [0.717, 1.165) is 45.7 Å². The van der Waals surface area contributed by atoms with Crippen molar-refractivity contribution in [2.24, 2.45) is 5.14 Å². The molecule has 4 nitrogen and oxygen atoms in total. The number of nitrogens with zero attached hydrogens (tertiary/aromatic N) is 1. The van der Waals surface area contributed by atoms with Crippen LogP contribution in [0.4, 0.5) is 14.9 Å². The van der Waals surface area contributed by atoms with Gasteiger partial charge < -0.3 is 5.32 Å². The summed E-state index contributed by atoms with van der Waals surface area (Å²) in [6, 6.07) is 19.0. The second-order valence-electron chi connectivity index (χ2n) is 9.19. The van der Waals surface area contributed by atoms with E-state index in [1.807, 2.05) is 54.3 Å². The molecule has 3 aromatic carbocycles. The first-order valence-electron chi connectivity index (χ1n) is 11.4. The van der Waals surface area contributed by atoms with Crippen LogP contribution in [0, 0.1) is 12.7 Å². The molecule has 0 bridgehead atoms. The number of halogens is 1. The molecule has 1 spiro atoms. The van der Waals surface area contributed by atoms with E-state index in [-0.39, 0.29) is 17.3 Å². The summed E-state index contributed by atoms with van der Waals surface area (Å²) < 4.78 is 14.0. The number of aryl methyl sites for hydroxylation is 1. The summed E-state index contributed by atoms with van der Waals surface area (Å²) in [5.74, 6) is -0.231. The Kier molecular flexibility index (Phi) is 5.89. The van der Waals surface area contributed by atoms with Crippen molar-refractivity contribution in [3.05, 3.63) is 83.2 Å². The van der Waals surface area contributed by atoms with E-state index in [1.54, 1.807) is 6.07 Å². The van der Waals surface area contributed by atoms with Crippen molar-refractivity contribution >= 4 is 23.7 Å². The SMILES string of the molecule is Cc1ccc(F)cc1-c1ccc2c(c1)C1(CCCC1)CN2C(=O)NCc1ccc(SN)cc1. The Hall–Kier alpha value is -2.83. The summed E-state index contributed by atoms with van der Waals surface area (Å²) in [5.41, 5.74) is 6.19. The zero-order valence-electron chi connectivity index (χ0n) is 18.7. The fourth-order valence-corrected chi connectivity index (χ4v) is 5.65. The van der Waals surface area contributed by atoms with Gasteiger partial charge in [0.15, 0.2) is 0 Å². The summed E-state index contributed by atoms with van der Waals surface area (Å²) in [6.45, 7) is 3.17. The minimum Gasteiger partial charge on any atom is -0.334 e. The van der Waals surface area contributed by atoms with Crippen molar-refractivity contribution in [3.8, 4) is 11.1 Å². The van der Waals surface area contributed by atoms with Crippen LogP contribution in [-0.2, 0) is 12.0 Å². The van der Waals surface area contributed by atoms with Gasteiger partial charge in [-0.05, 0) is 95.9 Å².